The van der Waals surface area contributed by atoms with Crippen LogP contribution in [-0.4, -0.2) is 37.1 Å². The Morgan fingerprint density at radius 1 is 1.06 bits per heavy atom. The third kappa shape index (κ3) is 6.73. The molecule has 0 bridgehead atoms. The Morgan fingerprint density at radius 3 is 2.58 bits per heavy atom. The van der Waals surface area contributed by atoms with Crippen LogP contribution in [0.1, 0.15) is 37.6 Å². The Balaban J connectivity index is 1.59. The number of benzene rings is 2. The number of ether oxygens (including phenoxy) is 2. The number of nitrogens with one attached hydrogen (secondary N) is 1. The van der Waals surface area contributed by atoms with E-state index in [0.717, 1.165) is 16.9 Å². The molecule has 0 aliphatic carbocycles. The molecule has 33 heavy (non-hydrogen) atoms. The normalized spacial score (nSPS) is 10.5. The molecule has 0 spiro atoms. The molecular weight excluding hydrogens is 442 g/mol. The van der Waals surface area contributed by atoms with Gasteiger partial charge >= 0.3 is 5.97 Å². The maximum atomic E-state index is 12.5. The van der Waals surface area contributed by atoms with Crippen LogP contribution in [0.3, 0.4) is 0 Å². The third-order valence-corrected chi connectivity index (χ3v) is 5.74. The second-order valence-corrected chi connectivity index (χ2v) is 8.34. The predicted molar refractivity (Wildman–Crippen MR) is 127 cm³/mol. The highest BCUT2D eigenvalue weighted by Gasteiger charge is 2.16. The minimum absolute atomic E-state index is 0.197. The average Bonchev–Trinajstić information content (AvgIpc) is 3.30. The zero-order chi connectivity index (χ0) is 23.8. The maximum absolute atomic E-state index is 12.5. The number of anilines is 1. The minimum Gasteiger partial charge on any atom is -0.495 e. The molecular formula is C25H25NO6S. The van der Waals surface area contributed by atoms with Gasteiger partial charge in [0.25, 0.3) is 0 Å². The zero-order valence-corrected chi connectivity index (χ0v) is 19.5. The van der Waals surface area contributed by atoms with Crippen molar-refractivity contribution in [2.45, 2.75) is 19.6 Å². The average molecular weight is 468 g/mol. The van der Waals surface area contributed by atoms with Gasteiger partial charge in [0.15, 0.2) is 6.61 Å². The molecule has 8 heteroatoms. The summed E-state index contributed by atoms with van der Waals surface area (Å²) in [4.78, 5) is 37.3. The minimum atomic E-state index is -0.668. The molecule has 3 rings (SSSR count). The number of furan rings is 1. The van der Waals surface area contributed by atoms with E-state index in [0.29, 0.717) is 22.8 Å². The molecule has 0 unspecified atom stereocenters. The number of hydrogen-bond acceptors (Lipinski definition) is 7. The number of carbonyl (C=O) groups is 3. The van der Waals surface area contributed by atoms with Crippen molar-refractivity contribution in [2.24, 2.45) is 0 Å². The molecule has 1 aromatic heterocycles. The first kappa shape index (κ1) is 24.1. The Kier molecular flexibility index (Phi) is 8.32. The number of Topliss-reactive ketones (excluding diaryl/α,β-unsaturated/α-hetero) is 1. The molecule has 0 atom stereocenters. The van der Waals surface area contributed by atoms with Crippen molar-refractivity contribution in [1.29, 1.82) is 0 Å². The smallest absolute Gasteiger partial charge is 0.338 e. The summed E-state index contributed by atoms with van der Waals surface area (Å²) in [6, 6.07) is 13.7. The molecule has 0 aliphatic heterocycles. The van der Waals surface area contributed by atoms with Crippen LogP contribution in [0.5, 0.6) is 5.75 Å². The molecule has 1 amide bonds. The fraction of sp³-hybridized carbons (Fsp3) is 0.240. The van der Waals surface area contributed by atoms with Gasteiger partial charge in [-0.15, -0.1) is 11.8 Å². The van der Waals surface area contributed by atoms with Gasteiger partial charge in [-0.1, -0.05) is 23.8 Å². The standard InChI is InChI=1S/C25H25NO6S/c1-16-6-8-20(17(2)11-16)22(27)13-32-25(29)18-7-9-23(30-3)21(12-18)26-24(28)15-33-14-19-5-4-10-31-19/h4-12H,13-15H2,1-3H3,(H,26,28). The second kappa shape index (κ2) is 11.4. The van der Waals surface area contributed by atoms with Gasteiger partial charge in [0.05, 0.1) is 36.1 Å². The van der Waals surface area contributed by atoms with E-state index in [1.165, 1.54) is 31.0 Å². The Hall–Kier alpha value is -3.52. The topological polar surface area (TPSA) is 94.8 Å². The van der Waals surface area contributed by atoms with Crippen molar-refractivity contribution in [3.8, 4) is 5.75 Å². The summed E-state index contributed by atoms with van der Waals surface area (Å²) in [7, 11) is 1.47. The number of hydrogen-bond donors (Lipinski definition) is 1. The monoisotopic (exact) mass is 467 g/mol. The molecule has 7 nitrogen and oxygen atoms in total. The van der Waals surface area contributed by atoms with E-state index >= 15 is 0 Å². The first-order valence-corrected chi connectivity index (χ1v) is 11.4. The molecule has 0 saturated carbocycles. The van der Waals surface area contributed by atoms with E-state index in [-0.39, 0.29) is 29.6 Å². The molecule has 2 aromatic carbocycles. The fourth-order valence-corrected chi connectivity index (χ4v) is 3.90. The third-order valence-electron chi connectivity index (χ3n) is 4.78. The van der Waals surface area contributed by atoms with Gasteiger partial charge in [0.2, 0.25) is 11.7 Å². The van der Waals surface area contributed by atoms with Crippen molar-refractivity contribution < 1.29 is 28.3 Å². The lowest BCUT2D eigenvalue weighted by atomic mass is 10.0. The van der Waals surface area contributed by atoms with Crippen molar-refractivity contribution >= 4 is 35.1 Å². The summed E-state index contributed by atoms with van der Waals surface area (Å²) >= 11 is 1.40. The van der Waals surface area contributed by atoms with Gasteiger partial charge in [-0.3, -0.25) is 9.59 Å². The number of esters is 1. The number of methoxy groups -OCH3 is 1. The lowest BCUT2D eigenvalue weighted by Crippen LogP contribution is -2.17. The molecule has 0 radical (unpaired) electrons. The summed E-state index contributed by atoms with van der Waals surface area (Å²) in [5.41, 5.74) is 2.94. The Labute approximate surface area is 196 Å². The van der Waals surface area contributed by atoms with Crippen LogP contribution in [-0.2, 0) is 15.3 Å². The number of carbonyl (C=O) groups excluding carboxylic acids is 3. The summed E-state index contributed by atoms with van der Waals surface area (Å²) < 4.78 is 15.7. The van der Waals surface area contributed by atoms with E-state index < -0.39 is 5.97 Å². The quantitative estimate of drug-likeness (QED) is 0.337. The van der Waals surface area contributed by atoms with Crippen LogP contribution in [0, 0.1) is 13.8 Å². The lowest BCUT2D eigenvalue weighted by Gasteiger charge is -2.12. The lowest BCUT2D eigenvalue weighted by molar-refractivity contribution is -0.113. The molecule has 0 aliphatic rings. The number of aryl methyl sites for hydroxylation is 2. The Morgan fingerprint density at radius 2 is 1.88 bits per heavy atom. The highest BCUT2D eigenvalue weighted by Crippen LogP contribution is 2.26. The summed E-state index contributed by atoms with van der Waals surface area (Å²) in [5, 5.41) is 2.75. The highest BCUT2D eigenvalue weighted by atomic mass is 32.2. The van der Waals surface area contributed by atoms with Gasteiger partial charge < -0.3 is 19.2 Å². The van der Waals surface area contributed by atoms with Crippen LogP contribution in [0.4, 0.5) is 5.69 Å². The van der Waals surface area contributed by atoms with Gasteiger partial charge in [-0.05, 0) is 49.7 Å². The SMILES string of the molecule is COc1ccc(C(=O)OCC(=O)c2ccc(C)cc2C)cc1NC(=O)CSCc1ccco1. The van der Waals surface area contributed by atoms with Crippen LogP contribution < -0.4 is 10.1 Å². The van der Waals surface area contributed by atoms with Crippen molar-refractivity contribution in [2.75, 3.05) is 24.8 Å². The van der Waals surface area contributed by atoms with E-state index in [1.807, 2.05) is 32.0 Å². The number of thioether (sulfide) groups is 1. The van der Waals surface area contributed by atoms with E-state index in [1.54, 1.807) is 24.5 Å². The van der Waals surface area contributed by atoms with Crippen LogP contribution in [0.2, 0.25) is 0 Å². The highest BCUT2D eigenvalue weighted by molar-refractivity contribution is 7.99. The predicted octanol–water partition coefficient (Wildman–Crippen LogP) is 4.82. The largest absolute Gasteiger partial charge is 0.495 e. The number of amides is 1. The van der Waals surface area contributed by atoms with Gasteiger partial charge in [0, 0.05) is 5.56 Å². The summed E-state index contributed by atoms with van der Waals surface area (Å²) in [6.07, 6.45) is 1.58. The Bertz CT molecular complexity index is 1140. The first-order valence-electron chi connectivity index (χ1n) is 10.2. The van der Waals surface area contributed by atoms with E-state index in [2.05, 4.69) is 5.32 Å². The van der Waals surface area contributed by atoms with E-state index in [4.69, 9.17) is 13.9 Å². The molecule has 1 N–H and O–H groups in total. The van der Waals surface area contributed by atoms with Crippen LogP contribution >= 0.6 is 11.8 Å². The van der Waals surface area contributed by atoms with Crippen molar-refractivity contribution in [3.63, 3.8) is 0 Å². The molecule has 172 valence electrons. The van der Waals surface area contributed by atoms with Gasteiger partial charge in [-0.2, -0.15) is 0 Å². The van der Waals surface area contributed by atoms with Gasteiger partial charge in [-0.25, -0.2) is 4.79 Å². The fourth-order valence-electron chi connectivity index (χ4n) is 3.18. The zero-order valence-electron chi connectivity index (χ0n) is 18.7. The van der Waals surface area contributed by atoms with Gasteiger partial charge in [0.1, 0.15) is 11.5 Å². The molecule has 1 heterocycles. The van der Waals surface area contributed by atoms with Crippen molar-refractivity contribution in [3.05, 3.63) is 82.8 Å². The van der Waals surface area contributed by atoms with Crippen molar-refractivity contribution in [1.82, 2.24) is 0 Å². The van der Waals surface area contributed by atoms with Crippen LogP contribution in [0.25, 0.3) is 0 Å². The second-order valence-electron chi connectivity index (χ2n) is 7.35. The summed E-state index contributed by atoms with van der Waals surface area (Å²) in [6.45, 7) is 3.41. The summed E-state index contributed by atoms with van der Waals surface area (Å²) in [5.74, 6) is 0.754. The number of rotatable bonds is 10. The molecule has 3 aromatic rings. The molecule has 0 saturated heterocycles. The number of ketones is 1. The van der Waals surface area contributed by atoms with E-state index in [9.17, 15) is 14.4 Å². The maximum Gasteiger partial charge on any atom is 0.338 e. The first-order chi connectivity index (χ1) is 15.9. The van der Waals surface area contributed by atoms with Crippen LogP contribution in [0.15, 0.2) is 59.2 Å². The molecule has 0 fully saturated rings.